The summed E-state index contributed by atoms with van der Waals surface area (Å²) in [7, 11) is 1.61. The summed E-state index contributed by atoms with van der Waals surface area (Å²) in [4.78, 5) is 55.3. The second-order valence-electron chi connectivity index (χ2n) is 13.8. The molecule has 0 aromatic heterocycles. The molecule has 45 heavy (non-hydrogen) atoms. The number of hydrogen-bond acceptors (Lipinski definition) is 8. The number of allylic oxidation sites excluding steroid dienone is 5. The first-order valence-electron chi connectivity index (χ1n) is 17.0. The van der Waals surface area contributed by atoms with E-state index in [1.54, 1.807) is 14.0 Å². The molecule has 0 aromatic carbocycles. The van der Waals surface area contributed by atoms with Crippen LogP contribution in [-0.4, -0.2) is 77.2 Å². The highest BCUT2D eigenvalue weighted by Gasteiger charge is 2.53. The van der Waals surface area contributed by atoms with E-state index in [0.717, 1.165) is 18.4 Å². The second kappa shape index (κ2) is 15.8. The molecule has 1 aliphatic carbocycles. The molecule has 0 unspecified atom stereocenters. The Hall–Kier alpha value is -2.62. The van der Waals surface area contributed by atoms with Gasteiger partial charge in [0.2, 0.25) is 5.79 Å². The molecule has 0 radical (unpaired) electrons. The molecule has 2 saturated heterocycles. The molecule has 5 rings (SSSR count). The lowest BCUT2D eigenvalue weighted by atomic mass is 9.79. The molecule has 9 nitrogen and oxygen atoms in total. The van der Waals surface area contributed by atoms with Crippen molar-refractivity contribution in [3.8, 4) is 0 Å². The van der Waals surface area contributed by atoms with Crippen LogP contribution >= 0.6 is 0 Å². The number of ether oxygens (including phenoxy) is 3. The number of amides is 1. The van der Waals surface area contributed by atoms with Gasteiger partial charge in [0.15, 0.2) is 0 Å². The highest BCUT2D eigenvalue weighted by molar-refractivity contribution is 6.39. The van der Waals surface area contributed by atoms with Gasteiger partial charge in [0.05, 0.1) is 12.2 Å². The summed E-state index contributed by atoms with van der Waals surface area (Å²) in [5.74, 6) is -4.96. The minimum absolute atomic E-state index is 0.0465. The van der Waals surface area contributed by atoms with Gasteiger partial charge in [0.25, 0.3) is 11.7 Å². The van der Waals surface area contributed by atoms with E-state index in [4.69, 9.17) is 14.2 Å². The van der Waals surface area contributed by atoms with Gasteiger partial charge in [0, 0.05) is 37.8 Å². The Balaban J connectivity index is 1.59. The number of piperidine rings is 1. The van der Waals surface area contributed by atoms with Crippen molar-refractivity contribution in [2.45, 2.75) is 128 Å². The number of esters is 1. The number of fused-ring (bicyclic) bond motifs is 12. The number of rotatable bonds is 1. The van der Waals surface area contributed by atoms with Crippen molar-refractivity contribution in [2.24, 2.45) is 23.7 Å². The molecular formula is C36H53NO8. The first-order chi connectivity index (χ1) is 21.4. The van der Waals surface area contributed by atoms with E-state index in [0.29, 0.717) is 57.8 Å². The highest BCUT2D eigenvalue weighted by Crippen LogP contribution is 2.37. The van der Waals surface area contributed by atoms with E-state index in [9.17, 15) is 24.3 Å². The normalized spacial score (nSPS) is 39.6. The number of hydrogen-bond donors (Lipinski definition) is 1. The zero-order valence-electron chi connectivity index (χ0n) is 27.7. The maximum atomic E-state index is 13.7. The molecule has 4 heterocycles. The van der Waals surface area contributed by atoms with Crippen LogP contribution < -0.4 is 0 Å². The van der Waals surface area contributed by atoms with Crippen molar-refractivity contribution in [1.29, 1.82) is 0 Å². The topological polar surface area (TPSA) is 119 Å². The molecule has 1 saturated carbocycles. The Labute approximate surface area is 268 Å². The summed E-state index contributed by atoms with van der Waals surface area (Å²) >= 11 is 0. The molecule has 1 N–H and O–H groups in total. The van der Waals surface area contributed by atoms with E-state index < -0.39 is 41.5 Å². The number of carbonyl (C=O) groups is 4. The molecule has 0 aromatic rings. The van der Waals surface area contributed by atoms with Crippen molar-refractivity contribution in [1.82, 2.24) is 4.90 Å². The third-order valence-corrected chi connectivity index (χ3v) is 10.4. The van der Waals surface area contributed by atoms with Gasteiger partial charge in [-0.2, -0.15) is 0 Å². The number of carbonyl (C=O) groups excluding carboxylic acids is 4. The molecule has 4 bridgehead atoms. The van der Waals surface area contributed by atoms with Crippen LogP contribution in [0.5, 0.6) is 0 Å². The number of nitrogens with zero attached hydrogens (tertiary/aromatic N) is 1. The number of Topliss-reactive ketones (excluding diaryl/α,β-unsaturated/α-hetero) is 2. The zero-order valence-corrected chi connectivity index (χ0v) is 27.7. The first-order valence-corrected chi connectivity index (χ1v) is 17.0. The Bertz CT molecular complexity index is 1170. The lowest BCUT2D eigenvalue weighted by Crippen LogP contribution is -2.60. The lowest BCUT2D eigenvalue weighted by Gasteiger charge is -2.42. The van der Waals surface area contributed by atoms with Crippen molar-refractivity contribution < 1.29 is 38.5 Å². The van der Waals surface area contributed by atoms with Crippen LogP contribution in [0.1, 0.15) is 98.3 Å². The third-order valence-electron chi connectivity index (χ3n) is 10.4. The quantitative estimate of drug-likeness (QED) is 0.309. The van der Waals surface area contributed by atoms with E-state index >= 15 is 0 Å². The Morgan fingerprint density at radius 3 is 2.31 bits per heavy atom. The van der Waals surface area contributed by atoms with Gasteiger partial charge in [-0.1, -0.05) is 51.2 Å². The maximum absolute atomic E-state index is 13.7. The molecule has 4 aliphatic heterocycles. The molecule has 1 amide bonds. The van der Waals surface area contributed by atoms with Crippen LogP contribution in [0.3, 0.4) is 0 Å². The highest BCUT2D eigenvalue weighted by atomic mass is 16.6. The SMILES string of the molecule is CO[C@H]1C[C@@H]2CC[C@@H](C)[C@@](O)(O2)C(=O)C(=O)N2CCCC[C@H]2C(=O)OC2CCC(CC2)C(=O)[C@H](C)C[C@H](C)/C=C/C=C/C=C1C. The molecule has 0 spiro atoms. The summed E-state index contributed by atoms with van der Waals surface area (Å²) in [5, 5.41) is 11.6. The zero-order chi connectivity index (χ0) is 32.7. The lowest BCUT2D eigenvalue weighted by molar-refractivity contribution is -0.265. The second-order valence-corrected chi connectivity index (χ2v) is 13.8. The average molecular weight is 628 g/mol. The third kappa shape index (κ3) is 8.60. The largest absolute Gasteiger partial charge is 0.461 e. The van der Waals surface area contributed by atoms with Gasteiger partial charge in [-0.3, -0.25) is 14.4 Å². The first kappa shape index (κ1) is 35.2. The summed E-state index contributed by atoms with van der Waals surface area (Å²) < 4.78 is 17.7. The maximum Gasteiger partial charge on any atom is 0.329 e. The summed E-state index contributed by atoms with van der Waals surface area (Å²) in [6, 6.07) is -0.893. The van der Waals surface area contributed by atoms with E-state index in [1.165, 1.54) is 4.90 Å². The van der Waals surface area contributed by atoms with Crippen molar-refractivity contribution >= 4 is 23.4 Å². The summed E-state index contributed by atoms with van der Waals surface area (Å²) in [6.45, 7) is 8.02. The predicted octanol–water partition coefficient (Wildman–Crippen LogP) is 5.25. The molecule has 9 heteroatoms. The van der Waals surface area contributed by atoms with Crippen molar-refractivity contribution in [3.63, 3.8) is 0 Å². The molecule has 250 valence electrons. The Morgan fingerprint density at radius 2 is 1.60 bits per heavy atom. The number of ketones is 2. The Kier molecular flexibility index (Phi) is 12.4. The molecule has 7 atom stereocenters. The monoisotopic (exact) mass is 627 g/mol. The summed E-state index contributed by atoms with van der Waals surface area (Å²) in [5.41, 5.74) is 0.956. The number of aliphatic hydroxyl groups is 1. The van der Waals surface area contributed by atoms with Gasteiger partial charge in [-0.05, 0) is 82.6 Å². The van der Waals surface area contributed by atoms with E-state index in [-0.39, 0.29) is 42.3 Å². The minimum Gasteiger partial charge on any atom is -0.461 e. The molecule has 5 aliphatic rings. The average Bonchev–Trinajstić information content (AvgIpc) is 3.03. The van der Waals surface area contributed by atoms with Crippen LogP contribution in [0.25, 0.3) is 0 Å². The van der Waals surface area contributed by atoms with Crippen LogP contribution in [0.15, 0.2) is 36.0 Å². The summed E-state index contributed by atoms with van der Waals surface area (Å²) in [6.07, 6.45) is 15.4. The van der Waals surface area contributed by atoms with E-state index in [2.05, 4.69) is 13.0 Å². The Morgan fingerprint density at radius 1 is 0.889 bits per heavy atom. The van der Waals surface area contributed by atoms with Gasteiger partial charge >= 0.3 is 5.97 Å². The molecule has 3 fully saturated rings. The molecular weight excluding hydrogens is 574 g/mol. The number of methoxy groups -OCH3 is 1. The fraction of sp³-hybridized carbons (Fsp3) is 0.722. The van der Waals surface area contributed by atoms with Crippen LogP contribution in [0, 0.1) is 23.7 Å². The van der Waals surface area contributed by atoms with Gasteiger partial charge in [0.1, 0.15) is 17.9 Å². The minimum atomic E-state index is -2.29. The smallest absolute Gasteiger partial charge is 0.329 e. The predicted molar refractivity (Wildman–Crippen MR) is 170 cm³/mol. The van der Waals surface area contributed by atoms with Gasteiger partial charge < -0.3 is 24.2 Å². The van der Waals surface area contributed by atoms with Gasteiger partial charge in [-0.15, -0.1) is 0 Å². The van der Waals surface area contributed by atoms with Crippen LogP contribution in [0.2, 0.25) is 0 Å². The van der Waals surface area contributed by atoms with Crippen molar-refractivity contribution in [3.05, 3.63) is 36.0 Å². The fourth-order valence-electron chi connectivity index (χ4n) is 7.41. The van der Waals surface area contributed by atoms with Crippen molar-refractivity contribution in [2.75, 3.05) is 13.7 Å². The fourth-order valence-corrected chi connectivity index (χ4v) is 7.41. The van der Waals surface area contributed by atoms with E-state index in [1.807, 2.05) is 38.2 Å². The van der Waals surface area contributed by atoms with Crippen LogP contribution in [0.4, 0.5) is 0 Å². The van der Waals surface area contributed by atoms with Gasteiger partial charge in [-0.25, -0.2) is 4.79 Å². The standard InChI is InChI=1S/C36H53NO8/c1-23-11-7-6-8-12-24(2)31(43-5)22-29-17-14-26(4)36(42,45-29)33(39)34(40)37-20-10-9-13-30(37)35(41)44-28-18-15-27(16-19-28)32(38)25(3)21-23/h6-8,11-12,23,25-31,42H,9-10,13-22H2,1-5H3/b8-6+,11-7+,24-12?/t23-,25-,26-,27?,28?,29+,30+,31+,36-/m1/s1. The van der Waals surface area contributed by atoms with Crippen LogP contribution in [-0.2, 0) is 33.4 Å².